The summed E-state index contributed by atoms with van der Waals surface area (Å²) in [4.78, 5) is 2.17. The minimum absolute atomic E-state index is 0.0227. The third-order valence-electron chi connectivity index (χ3n) is 3.34. The Morgan fingerprint density at radius 1 is 1.33 bits per heavy atom. The summed E-state index contributed by atoms with van der Waals surface area (Å²) in [7, 11) is 0. The van der Waals surface area contributed by atoms with E-state index in [2.05, 4.69) is 10.2 Å². The van der Waals surface area contributed by atoms with Gasteiger partial charge >= 0.3 is 0 Å². The Labute approximate surface area is 106 Å². The molecule has 1 atom stereocenters. The molecule has 0 amide bonds. The second-order valence-corrected chi connectivity index (χ2v) is 4.52. The van der Waals surface area contributed by atoms with Gasteiger partial charge in [-0.3, -0.25) is 4.90 Å². The molecule has 0 radical (unpaired) electrons. The van der Waals surface area contributed by atoms with Gasteiger partial charge in [-0.15, -0.1) is 0 Å². The van der Waals surface area contributed by atoms with Gasteiger partial charge in [0.2, 0.25) is 0 Å². The average molecular weight is 254 g/mol. The molecule has 5 heteroatoms. The van der Waals surface area contributed by atoms with Crippen LogP contribution in [-0.4, -0.2) is 47.9 Å². The van der Waals surface area contributed by atoms with E-state index in [0.29, 0.717) is 12.0 Å². The van der Waals surface area contributed by atoms with Crippen molar-refractivity contribution in [3.63, 3.8) is 0 Å². The number of piperazine rings is 1. The molecule has 0 saturated carbocycles. The number of nitrogens with one attached hydrogen (secondary N) is 1. The van der Waals surface area contributed by atoms with Gasteiger partial charge in [0.15, 0.2) is 0 Å². The van der Waals surface area contributed by atoms with E-state index in [1.807, 2.05) is 0 Å². The van der Waals surface area contributed by atoms with Gasteiger partial charge < -0.3 is 15.5 Å². The van der Waals surface area contributed by atoms with Gasteiger partial charge in [0.1, 0.15) is 11.6 Å². The molecule has 0 spiro atoms. The molecule has 0 aliphatic carbocycles. The van der Waals surface area contributed by atoms with Crippen molar-refractivity contribution in [3.05, 3.63) is 29.6 Å². The van der Waals surface area contributed by atoms with Crippen LogP contribution >= 0.6 is 0 Å². The maximum absolute atomic E-state index is 13.9. The topological polar surface area (TPSA) is 55.7 Å². The third-order valence-corrected chi connectivity index (χ3v) is 3.34. The van der Waals surface area contributed by atoms with Gasteiger partial charge in [0.05, 0.1) is 0 Å². The number of aliphatic hydroxyl groups is 1. The second kappa shape index (κ2) is 6.13. The molecule has 1 aliphatic rings. The van der Waals surface area contributed by atoms with Crippen LogP contribution in [0.25, 0.3) is 0 Å². The third kappa shape index (κ3) is 2.98. The second-order valence-electron chi connectivity index (χ2n) is 4.52. The number of hydrogen-bond donors (Lipinski definition) is 3. The van der Waals surface area contributed by atoms with E-state index in [0.717, 1.165) is 32.2 Å². The predicted molar refractivity (Wildman–Crippen MR) is 67.0 cm³/mol. The molecule has 18 heavy (non-hydrogen) atoms. The molecule has 100 valence electrons. The van der Waals surface area contributed by atoms with Gasteiger partial charge in [-0.25, -0.2) is 4.39 Å². The van der Waals surface area contributed by atoms with Gasteiger partial charge in [-0.05, 0) is 12.5 Å². The Morgan fingerprint density at radius 2 is 2.06 bits per heavy atom. The maximum atomic E-state index is 13.9. The quantitative estimate of drug-likeness (QED) is 0.746. The molecular formula is C13H19FN2O2. The molecule has 0 unspecified atom stereocenters. The number of hydrogen-bond acceptors (Lipinski definition) is 4. The minimum Gasteiger partial charge on any atom is -0.508 e. The van der Waals surface area contributed by atoms with E-state index >= 15 is 0 Å². The summed E-state index contributed by atoms with van der Waals surface area (Å²) in [6.45, 7) is 3.45. The highest BCUT2D eigenvalue weighted by Gasteiger charge is 2.24. The molecule has 4 nitrogen and oxygen atoms in total. The van der Waals surface area contributed by atoms with Crippen LogP contribution in [-0.2, 0) is 0 Å². The van der Waals surface area contributed by atoms with Crippen LogP contribution < -0.4 is 5.32 Å². The van der Waals surface area contributed by atoms with Crippen molar-refractivity contribution in [1.29, 1.82) is 0 Å². The van der Waals surface area contributed by atoms with Crippen LogP contribution in [0.15, 0.2) is 18.2 Å². The fourth-order valence-electron chi connectivity index (χ4n) is 2.44. The van der Waals surface area contributed by atoms with Crippen LogP contribution in [0.1, 0.15) is 18.0 Å². The summed E-state index contributed by atoms with van der Waals surface area (Å²) in [5, 5.41) is 21.7. The molecule has 3 N–H and O–H groups in total. The summed E-state index contributed by atoms with van der Waals surface area (Å²) >= 11 is 0. The minimum atomic E-state index is -0.410. The van der Waals surface area contributed by atoms with E-state index < -0.39 is 5.82 Å². The lowest BCUT2D eigenvalue weighted by Gasteiger charge is -2.35. The lowest BCUT2D eigenvalue weighted by Crippen LogP contribution is -2.45. The van der Waals surface area contributed by atoms with Gasteiger partial charge in [0.25, 0.3) is 0 Å². The molecule has 2 rings (SSSR count). The normalized spacial score (nSPS) is 18.8. The first-order valence-electron chi connectivity index (χ1n) is 6.26. The van der Waals surface area contributed by atoms with Crippen molar-refractivity contribution in [2.24, 2.45) is 0 Å². The van der Waals surface area contributed by atoms with Gasteiger partial charge in [-0.1, -0.05) is 6.07 Å². The fourth-order valence-corrected chi connectivity index (χ4v) is 2.44. The first-order valence-corrected chi connectivity index (χ1v) is 6.26. The fraction of sp³-hybridized carbons (Fsp3) is 0.538. The largest absolute Gasteiger partial charge is 0.508 e. The van der Waals surface area contributed by atoms with Crippen LogP contribution in [0.2, 0.25) is 0 Å². The monoisotopic (exact) mass is 254 g/mol. The Hall–Kier alpha value is -1.17. The standard InChI is InChI=1S/C13H19FN2O2/c14-12-9-10(18)1-2-11(12)13(3-8-17)16-6-4-15-5-7-16/h1-2,9,13,15,17-18H,3-8H2/t13-/m1/s1. The number of phenolic OH excluding ortho intramolecular Hbond substituents is 1. The molecule has 1 saturated heterocycles. The van der Waals surface area contributed by atoms with Crippen LogP contribution in [0.4, 0.5) is 4.39 Å². The molecule has 1 aliphatic heterocycles. The Morgan fingerprint density at radius 3 is 2.67 bits per heavy atom. The van der Waals surface area contributed by atoms with E-state index in [-0.39, 0.29) is 18.4 Å². The zero-order valence-electron chi connectivity index (χ0n) is 10.3. The molecule has 1 heterocycles. The number of nitrogens with zero attached hydrogens (tertiary/aromatic N) is 1. The number of rotatable bonds is 4. The summed E-state index contributed by atoms with van der Waals surface area (Å²) in [6.07, 6.45) is 0.502. The molecule has 1 fully saturated rings. The highest BCUT2D eigenvalue weighted by Crippen LogP contribution is 2.28. The molecule has 1 aromatic rings. The van der Waals surface area contributed by atoms with Crippen LogP contribution in [0, 0.1) is 5.82 Å². The number of phenols is 1. The molecular weight excluding hydrogens is 235 g/mol. The number of aliphatic hydroxyl groups excluding tert-OH is 1. The van der Waals surface area contributed by atoms with E-state index in [9.17, 15) is 9.50 Å². The Bertz CT molecular complexity index is 395. The molecule has 1 aromatic carbocycles. The summed E-state index contributed by atoms with van der Waals surface area (Å²) in [6, 6.07) is 4.10. The van der Waals surface area contributed by atoms with E-state index in [1.165, 1.54) is 6.07 Å². The maximum Gasteiger partial charge on any atom is 0.131 e. The smallest absolute Gasteiger partial charge is 0.131 e. The van der Waals surface area contributed by atoms with Gasteiger partial charge in [-0.2, -0.15) is 0 Å². The van der Waals surface area contributed by atoms with Crippen LogP contribution in [0.3, 0.4) is 0 Å². The highest BCUT2D eigenvalue weighted by atomic mass is 19.1. The molecule has 0 bridgehead atoms. The SMILES string of the molecule is OCC[C@H](c1ccc(O)cc1F)N1CCNCC1. The first-order chi connectivity index (χ1) is 8.72. The summed E-state index contributed by atoms with van der Waals surface area (Å²) in [5.74, 6) is -0.480. The highest BCUT2D eigenvalue weighted by molar-refractivity contribution is 5.30. The summed E-state index contributed by atoms with van der Waals surface area (Å²) in [5.41, 5.74) is 0.545. The first kappa shape index (κ1) is 13.3. The zero-order valence-corrected chi connectivity index (χ0v) is 10.3. The van der Waals surface area contributed by atoms with Crippen molar-refractivity contribution in [1.82, 2.24) is 10.2 Å². The molecule has 0 aromatic heterocycles. The Kier molecular flexibility index (Phi) is 4.52. The van der Waals surface area contributed by atoms with Crippen molar-refractivity contribution >= 4 is 0 Å². The van der Waals surface area contributed by atoms with Crippen molar-refractivity contribution < 1.29 is 14.6 Å². The van der Waals surface area contributed by atoms with Gasteiger partial charge in [0, 0.05) is 50.5 Å². The van der Waals surface area contributed by atoms with Crippen LogP contribution in [0.5, 0.6) is 5.75 Å². The van der Waals surface area contributed by atoms with E-state index in [4.69, 9.17) is 5.11 Å². The number of benzene rings is 1. The van der Waals surface area contributed by atoms with E-state index in [1.54, 1.807) is 6.07 Å². The van der Waals surface area contributed by atoms with Crippen molar-refractivity contribution in [3.8, 4) is 5.75 Å². The van der Waals surface area contributed by atoms with Crippen molar-refractivity contribution in [2.45, 2.75) is 12.5 Å². The van der Waals surface area contributed by atoms with Crippen molar-refractivity contribution in [2.75, 3.05) is 32.8 Å². The lowest BCUT2D eigenvalue weighted by molar-refractivity contribution is 0.138. The number of aromatic hydroxyl groups is 1. The average Bonchev–Trinajstić information content (AvgIpc) is 2.38. The number of halogens is 1. The predicted octanol–water partition coefficient (Wildman–Crippen LogP) is 0.860. The summed E-state index contributed by atoms with van der Waals surface area (Å²) < 4.78 is 13.9. The lowest BCUT2D eigenvalue weighted by atomic mass is 10.0. The Balaban J connectivity index is 2.22. The zero-order chi connectivity index (χ0) is 13.0.